The van der Waals surface area contributed by atoms with Crippen LogP contribution in [0.25, 0.3) is 0 Å². The molecule has 0 saturated carbocycles. The van der Waals surface area contributed by atoms with Gasteiger partial charge in [0, 0.05) is 19.7 Å². The number of carbonyl (C=O) groups excluding carboxylic acids is 1. The fraction of sp³-hybridized carbons (Fsp3) is 0.636. The summed E-state index contributed by atoms with van der Waals surface area (Å²) in [6, 6.07) is 1.81. The number of halogens is 1. The van der Waals surface area contributed by atoms with Gasteiger partial charge in [0.15, 0.2) is 5.82 Å². The molecule has 0 aromatic carbocycles. The third-order valence-electron chi connectivity index (χ3n) is 3.02. The quantitative estimate of drug-likeness (QED) is 0.905. The number of morpholine rings is 1. The SMILES string of the molecule is CC[C@H]1COCCN1C(=O)Nc1cc(Br)n(C)n1. The van der Waals surface area contributed by atoms with E-state index in [-0.39, 0.29) is 12.1 Å². The number of aryl methyl sites for hydroxylation is 1. The molecule has 1 aliphatic heterocycles. The van der Waals surface area contributed by atoms with Gasteiger partial charge in [-0.05, 0) is 22.4 Å². The van der Waals surface area contributed by atoms with Crippen molar-refractivity contribution in [2.24, 2.45) is 7.05 Å². The van der Waals surface area contributed by atoms with Crippen molar-refractivity contribution >= 4 is 27.8 Å². The number of carbonyl (C=O) groups is 1. The molecule has 0 radical (unpaired) electrons. The molecule has 0 aliphatic carbocycles. The lowest BCUT2D eigenvalue weighted by molar-refractivity contribution is 0.0143. The molecule has 18 heavy (non-hydrogen) atoms. The Balaban J connectivity index is 2.02. The molecule has 1 saturated heterocycles. The monoisotopic (exact) mass is 316 g/mol. The topological polar surface area (TPSA) is 59.4 Å². The molecular formula is C11H17BrN4O2. The molecule has 1 fully saturated rings. The second-order valence-electron chi connectivity index (χ2n) is 4.24. The molecule has 1 N–H and O–H groups in total. The Hall–Kier alpha value is -1.08. The van der Waals surface area contributed by atoms with Crippen LogP contribution in [0.15, 0.2) is 10.7 Å². The number of nitrogens with zero attached hydrogens (tertiary/aromatic N) is 3. The molecule has 0 spiro atoms. The molecule has 2 rings (SSSR count). The first-order valence-electron chi connectivity index (χ1n) is 5.96. The molecule has 6 nitrogen and oxygen atoms in total. The van der Waals surface area contributed by atoms with Crippen LogP contribution in [0, 0.1) is 0 Å². The van der Waals surface area contributed by atoms with E-state index in [1.807, 2.05) is 11.9 Å². The van der Waals surface area contributed by atoms with E-state index in [1.54, 1.807) is 10.7 Å². The zero-order valence-corrected chi connectivity index (χ0v) is 12.1. The highest BCUT2D eigenvalue weighted by atomic mass is 79.9. The Morgan fingerprint density at radius 2 is 2.50 bits per heavy atom. The maximum Gasteiger partial charge on any atom is 0.323 e. The molecular weight excluding hydrogens is 300 g/mol. The first-order valence-corrected chi connectivity index (χ1v) is 6.76. The molecule has 7 heteroatoms. The zero-order valence-electron chi connectivity index (χ0n) is 10.5. The van der Waals surface area contributed by atoms with Gasteiger partial charge < -0.3 is 9.64 Å². The van der Waals surface area contributed by atoms with Crippen LogP contribution in [0.1, 0.15) is 13.3 Å². The van der Waals surface area contributed by atoms with Gasteiger partial charge in [0.25, 0.3) is 0 Å². The fourth-order valence-electron chi connectivity index (χ4n) is 1.95. The summed E-state index contributed by atoms with van der Waals surface area (Å²) >= 11 is 3.34. The number of hydrogen-bond donors (Lipinski definition) is 1. The Morgan fingerprint density at radius 3 is 3.11 bits per heavy atom. The molecule has 1 aliphatic rings. The van der Waals surface area contributed by atoms with Crippen LogP contribution in [-0.2, 0) is 11.8 Å². The summed E-state index contributed by atoms with van der Waals surface area (Å²) in [4.78, 5) is 14.0. The maximum absolute atomic E-state index is 12.2. The number of hydrogen-bond acceptors (Lipinski definition) is 3. The summed E-state index contributed by atoms with van der Waals surface area (Å²) in [5.74, 6) is 0.552. The second kappa shape index (κ2) is 5.71. The highest BCUT2D eigenvalue weighted by Gasteiger charge is 2.26. The first-order chi connectivity index (χ1) is 8.61. The van der Waals surface area contributed by atoms with Crippen molar-refractivity contribution in [1.29, 1.82) is 0 Å². The van der Waals surface area contributed by atoms with Gasteiger partial charge in [-0.2, -0.15) is 5.10 Å². The number of ether oxygens (including phenoxy) is 1. The minimum atomic E-state index is -0.115. The van der Waals surface area contributed by atoms with E-state index >= 15 is 0 Å². The van der Waals surface area contributed by atoms with Gasteiger partial charge in [0.1, 0.15) is 4.60 Å². The smallest absolute Gasteiger partial charge is 0.323 e. The number of nitrogens with one attached hydrogen (secondary N) is 1. The highest BCUT2D eigenvalue weighted by molar-refractivity contribution is 9.10. The van der Waals surface area contributed by atoms with E-state index in [0.29, 0.717) is 25.6 Å². The lowest BCUT2D eigenvalue weighted by Gasteiger charge is -2.34. The van der Waals surface area contributed by atoms with Crippen LogP contribution >= 0.6 is 15.9 Å². The van der Waals surface area contributed by atoms with Crippen LogP contribution in [0.4, 0.5) is 10.6 Å². The molecule has 2 amide bonds. The van der Waals surface area contributed by atoms with Gasteiger partial charge in [-0.1, -0.05) is 6.92 Å². The number of rotatable bonds is 2. The zero-order chi connectivity index (χ0) is 13.1. The second-order valence-corrected chi connectivity index (χ2v) is 5.05. The lowest BCUT2D eigenvalue weighted by atomic mass is 10.2. The van der Waals surface area contributed by atoms with E-state index < -0.39 is 0 Å². The Morgan fingerprint density at radius 1 is 1.72 bits per heavy atom. The normalized spacial score (nSPS) is 19.9. The number of anilines is 1. The summed E-state index contributed by atoms with van der Waals surface area (Å²) in [6.45, 7) is 3.88. The van der Waals surface area contributed by atoms with Crippen LogP contribution in [0.2, 0.25) is 0 Å². The Bertz CT molecular complexity index is 415. The van der Waals surface area contributed by atoms with Crippen molar-refractivity contribution in [3.8, 4) is 0 Å². The molecule has 1 aromatic heterocycles. The molecule has 1 atom stereocenters. The standard InChI is InChI=1S/C11H17BrN4O2/c1-3-8-7-18-5-4-16(8)11(17)13-10-6-9(12)15(2)14-10/h6,8H,3-5,7H2,1-2H3,(H,13,14,17)/t8-/m0/s1. The minimum Gasteiger partial charge on any atom is -0.377 e. The van der Waals surface area contributed by atoms with E-state index in [2.05, 4.69) is 33.3 Å². The van der Waals surface area contributed by atoms with Crippen molar-refractivity contribution in [3.05, 3.63) is 10.7 Å². The molecule has 100 valence electrons. The van der Waals surface area contributed by atoms with E-state index in [0.717, 1.165) is 11.0 Å². The van der Waals surface area contributed by atoms with Crippen LogP contribution in [-0.4, -0.2) is 46.5 Å². The largest absolute Gasteiger partial charge is 0.377 e. The summed E-state index contributed by atoms with van der Waals surface area (Å²) in [6.07, 6.45) is 0.888. The molecule has 1 aromatic rings. The van der Waals surface area contributed by atoms with Crippen LogP contribution in [0.5, 0.6) is 0 Å². The van der Waals surface area contributed by atoms with Gasteiger partial charge in [-0.25, -0.2) is 4.79 Å². The third-order valence-corrected chi connectivity index (χ3v) is 3.76. The van der Waals surface area contributed by atoms with E-state index in [4.69, 9.17) is 4.74 Å². The van der Waals surface area contributed by atoms with Crippen molar-refractivity contribution in [3.63, 3.8) is 0 Å². The van der Waals surface area contributed by atoms with Crippen molar-refractivity contribution in [2.45, 2.75) is 19.4 Å². The summed E-state index contributed by atoms with van der Waals surface area (Å²) < 4.78 is 7.86. The van der Waals surface area contributed by atoms with Crippen molar-refractivity contribution < 1.29 is 9.53 Å². The Labute approximate surface area is 114 Å². The van der Waals surface area contributed by atoms with E-state index in [1.165, 1.54) is 0 Å². The number of amides is 2. The summed E-state index contributed by atoms with van der Waals surface area (Å²) in [7, 11) is 1.81. The highest BCUT2D eigenvalue weighted by Crippen LogP contribution is 2.16. The average molecular weight is 317 g/mol. The van der Waals surface area contributed by atoms with Crippen LogP contribution < -0.4 is 5.32 Å². The van der Waals surface area contributed by atoms with Crippen LogP contribution in [0.3, 0.4) is 0 Å². The predicted molar refractivity (Wildman–Crippen MR) is 71.5 cm³/mol. The lowest BCUT2D eigenvalue weighted by Crippen LogP contribution is -2.50. The third kappa shape index (κ3) is 2.84. The average Bonchev–Trinajstić information content (AvgIpc) is 2.68. The fourth-order valence-corrected chi connectivity index (χ4v) is 2.24. The number of urea groups is 1. The van der Waals surface area contributed by atoms with Gasteiger partial charge >= 0.3 is 6.03 Å². The predicted octanol–water partition coefficient (Wildman–Crippen LogP) is 1.83. The van der Waals surface area contributed by atoms with Gasteiger partial charge in [-0.3, -0.25) is 10.00 Å². The summed E-state index contributed by atoms with van der Waals surface area (Å²) in [5, 5.41) is 6.98. The van der Waals surface area contributed by atoms with Gasteiger partial charge in [-0.15, -0.1) is 0 Å². The number of aromatic nitrogens is 2. The minimum absolute atomic E-state index is 0.115. The van der Waals surface area contributed by atoms with Gasteiger partial charge in [0.05, 0.1) is 19.3 Å². The summed E-state index contributed by atoms with van der Waals surface area (Å²) in [5.41, 5.74) is 0. The maximum atomic E-state index is 12.2. The molecule has 2 heterocycles. The molecule has 0 bridgehead atoms. The molecule has 0 unspecified atom stereocenters. The van der Waals surface area contributed by atoms with Crippen molar-refractivity contribution in [1.82, 2.24) is 14.7 Å². The van der Waals surface area contributed by atoms with Gasteiger partial charge in [0.2, 0.25) is 0 Å². The van der Waals surface area contributed by atoms with E-state index in [9.17, 15) is 4.79 Å². The van der Waals surface area contributed by atoms with Crippen molar-refractivity contribution in [2.75, 3.05) is 25.1 Å². The Kier molecular flexibility index (Phi) is 4.23. The first kappa shape index (κ1) is 13.4.